The molecule has 9 heteroatoms. The zero-order valence-corrected chi connectivity index (χ0v) is 15.7. The number of furan rings is 1. The lowest BCUT2D eigenvalue weighted by atomic mass is 10.1. The third-order valence-electron chi connectivity index (χ3n) is 4.15. The van der Waals surface area contributed by atoms with Crippen LogP contribution in [0.2, 0.25) is 0 Å². The number of esters is 1. The molecule has 1 aromatic heterocycles. The standard InChI is InChI=1S/C20H18N2O7/c1-12(19(23)21-13-6-5-7-14(10-13)22(25)26)28-20(24)18-16(11-27-2)15-8-3-4-9-17(15)29-18/h3-10,12H,11H2,1-2H3,(H,21,23). The fraction of sp³-hybridized carbons (Fsp3) is 0.200. The van der Waals surface area contributed by atoms with Crippen molar-refractivity contribution in [3.63, 3.8) is 0 Å². The third kappa shape index (κ3) is 4.41. The molecule has 0 radical (unpaired) electrons. The monoisotopic (exact) mass is 398 g/mol. The van der Waals surface area contributed by atoms with Crippen LogP contribution in [0.3, 0.4) is 0 Å². The first-order valence-corrected chi connectivity index (χ1v) is 8.66. The number of nitro benzene ring substituents is 1. The molecule has 0 saturated carbocycles. The lowest BCUT2D eigenvalue weighted by molar-refractivity contribution is -0.384. The van der Waals surface area contributed by atoms with Gasteiger partial charge in [0.1, 0.15) is 5.58 Å². The highest BCUT2D eigenvalue weighted by Gasteiger charge is 2.26. The van der Waals surface area contributed by atoms with E-state index >= 15 is 0 Å². The number of hydrogen-bond donors (Lipinski definition) is 1. The molecular weight excluding hydrogens is 380 g/mol. The average molecular weight is 398 g/mol. The van der Waals surface area contributed by atoms with Gasteiger partial charge in [-0.15, -0.1) is 0 Å². The fourth-order valence-electron chi connectivity index (χ4n) is 2.76. The fourth-order valence-corrected chi connectivity index (χ4v) is 2.76. The van der Waals surface area contributed by atoms with Gasteiger partial charge in [0.25, 0.3) is 11.6 Å². The zero-order valence-electron chi connectivity index (χ0n) is 15.7. The molecule has 29 heavy (non-hydrogen) atoms. The number of ether oxygens (including phenoxy) is 2. The molecular formula is C20H18N2O7. The smallest absolute Gasteiger partial charge is 0.375 e. The number of carbonyl (C=O) groups excluding carboxylic acids is 2. The summed E-state index contributed by atoms with van der Waals surface area (Å²) in [6.45, 7) is 1.53. The average Bonchev–Trinajstić information content (AvgIpc) is 3.07. The van der Waals surface area contributed by atoms with E-state index in [2.05, 4.69) is 5.32 Å². The van der Waals surface area contributed by atoms with Crippen molar-refractivity contribution in [1.29, 1.82) is 0 Å². The Morgan fingerprint density at radius 1 is 1.21 bits per heavy atom. The first kappa shape index (κ1) is 20.0. The van der Waals surface area contributed by atoms with Crippen molar-refractivity contribution in [2.45, 2.75) is 19.6 Å². The Bertz CT molecular complexity index is 1070. The van der Waals surface area contributed by atoms with Gasteiger partial charge in [0.15, 0.2) is 6.10 Å². The lowest BCUT2D eigenvalue weighted by Crippen LogP contribution is -2.30. The van der Waals surface area contributed by atoms with Crippen LogP contribution in [0.4, 0.5) is 11.4 Å². The van der Waals surface area contributed by atoms with Gasteiger partial charge in [0.05, 0.1) is 11.5 Å². The predicted octanol–water partition coefficient (Wildman–Crippen LogP) is 3.67. The van der Waals surface area contributed by atoms with Crippen LogP contribution < -0.4 is 5.32 Å². The topological polar surface area (TPSA) is 121 Å². The Morgan fingerprint density at radius 2 is 1.97 bits per heavy atom. The van der Waals surface area contributed by atoms with Gasteiger partial charge in [-0.3, -0.25) is 14.9 Å². The van der Waals surface area contributed by atoms with Crippen molar-refractivity contribution in [3.8, 4) is 0 Å². The largest absolute Gasteiger partial charge is 0.449 e. The lowest BCUT2D eigenvalue weighted by Gasteiger charge is -2.13. The van der Waals surface area contributed by atoms with Crippen LogP contribution in [-0.2, 0) is 20.9 Å². The molecule has 9 nitrogen and oxygen atoms in total. The Balaban J connectivity index is 1.74. The summed E-state index contributed by atoms with van der Waals surface area (Å²) in [5, 5.41) is 14.0. The second-order valence-electron chi connectivity index (χ2n) is 6.18. The molecule has 0 bridgehead atoms. The predicted molar refractivity (Wildman–Crippen MR) is 104 cm³/mol. The first-order chi connectivity index (χ1) is 13.9. The van der Waals surface area contributed by atoms with Crippen molar-refractivity contribution < 1.29 is 28.4 Å². The molecule has 2 aromatic carbocycles. The number of anilines is 1. The van der Waals surface area contributed by atoms with E-state index in [1.54, 1.807) is 24.3 Å². The number of methoxy groups -OCH3 is 1. The van der Waals surface area contributed by atoms with Crippen LogP contribution in [0.25, 0.3) is 11.0 Å². The van der Waals surface area contributed by atoms with Crippen molar-refractivity contribution in [3.05, 3.63) is 70.0 Å². The normalized spacial score (nSPS) is 11.8. The molecule has 3 aromatic rings. The molecule has 1 N–H and O–H groups in total. The van der Waals surface area contributed by atoms with Crippen LogP contribution in [0, 0.1) is 10.1 Å². The second kappa shape index (κ2) is 8.53. The van der Waals surface area contributed by atoms with Crippen LogP contribution in [0.15, 0.2) is 52.9 Å². The molecule has 150 valence electrons. The summed E-state index contributed by atoms with van der Waals surface area (Å²) >= 11 is 0. The SMILES string of the molecule is COCc1c(C(=O)OC(C)C(=O)Nc2cccc([N+](=O)[O-])c2)oc2ccccc12. The van der Waals surface area contributed by atoms with Gasteiger partial charge in [-0.1, -0.05) is 24.3 Å². The summed E-state index contributed by atoms with van der Waals surface area (Å²) in [5.41, 5.74) is 1.08. The molecule has 1 amide bonds. The highest BCUT2D eigenvalue weighted by molar-refractivity contribution is 5.99. The van der Waals surface area contributed by atoms with Gasteiger partial charge in [0.2, 0.25) is 5.76 Å². The van der Waals surface area contributed by atoms with E-state index in [1.165, 1.54) is 38.3 Å². The van der Waals surface area contributed by atoms with Crippen molar-refractivity contribution in [2.75, 3.05) is 12.4 Å². The quantitative estimate of drug-likeness (QED) is 0.366. The maximum absolute atomic E-state index is 12.6. The Morgan fingerprint density at radius 3 is 2.69 bits per heavy atom. The van der Waals surface area contributed by atoms with Gasteiger partial charge in [-0.25, -0.2) is 4.79 Å². The van der Waals surface area contributed by atoms with Gasteiger partial charge in [-0.05, 0) is 19.1 Å². The number of nitrogens with zero attached hydrogens (tertiary/aromatic N) is 1. The van der Waals surface area contributed by atoms with Crippen LogP contribution in [-0.4, -0.2) is 30.0 Å². The van der Waals surface area contributed by atoms with E-state index in [1.807, 2.05) is 0 Å². The number of carbonyl (C=O) groups is 2. The first-order valence-electron chi connectivity index (χ1n) is 8.66. The van der Waals surface area contributed by atoms with E-state index in [4.69, 9.17) is 13.9 Å². The number of para-hydroxylation sites is 1. The van der Waals surface area contributed by atoms with E-state index in [0.29, 0.717) is 11.1 Å². The summed E-state index contributed by atoms with van der Waals surface area (Å²) in [4.78, 5) is 35.2. The maximum Gasteiger partial charge on any atom is 0.375 e. The van der Waals surface area contributed by atoms with Crippen LogP contribution >= 0.6 is 0 Å². The number of amides is 1. The Hall–Kier alpha value is -3.72. The van der Waals surface area contributed by atoms with Crippen molar-refractivity contribution in [1.82, 2.24) is 0 Å². The number of non-ortho nitro benzene ring substituents is 1. The Kier molecular flexibility index (Phi) is 5.89. The second-order valence-corrected chi connectivity index (χ2v) is 6.18. The summed E-state index contributed by atoms with van der Waals surface area (Å²) < 4.78 is 16.0. The molecule has 0 aliphatic rings. The summed E-state index contributed by atoms with van der Waals surface area (Å²) in [6, 6.07) is 12.5. The van der Waals surface area contributed by atoms with E-state index < -0.39 is 22.9 Å². The number of fused-ring (bicyclic) bond motifs is 1. The van der Waals surface area contributed by atoms with Crippen molar-refractivity contribution >= 4 is 34.2 Å². The van der Waals surface area contributed by atoms with Crippen molar-refractivity contribution in [2.24, 2.45) is 0 Å². The molecule has 0 aliphatic carbocycles. The van der Waals surface area contributed by atoms with Crippen LogP contribution in [0.5, 0.6) is 0 Å². The van der Waals surface area contributed by atoms with Gasteiger partial charge >= 0.3 is 5.97 Å². The minimum Gasteiger partial charge on any atom is -0.449 e. The molecule has 1 unspecified atom stereocenters. The maximum atomic E-state index is 12.6. The van der Waals surface area contributed by atoms with Gasteiger partial charge in [0, 0.05) is 35.9 Å². The summed E-state index contributed by atoms with van der Waals surface area (Å²) in [5.74, 6) is -1.48. The molecule has 3 rings (SSSR count). The van der Waals surface area contributed by atoms with Gasteiger partial charge < -0.3 is 19.2 Å². The molecule has 1 heterocycles. The van der Waals surface area contributed by atoms with E-state index in [9.17, 15) is 19.7 Å². The zero-order chi connectivity index (χ0) is 21.0. The van der Waals surface area contributed by atoms with Gasteiger partial charge in [-0.2, -0.15) is 0 Å². The highest BCUT2D eigenvalue weighted by atomic mass is 16.6. The molecule has 0 fully saturated rings. The Labute approximate surface area is 165 Å². The summed E-state index contributed by atoms with van der Waals surface area (Å²) in [6.07, 6.45) is -1.16. The minimum atomic E-state index is -1.16. The van der Waals surface area contributed by atoms with E-state index in [0.717, 1.165) is 5.39 Å². The molecule has 0 saturated heterocycles. The molecule has 1 atom stereocenters. The summed E-state index contributed by atoms with van der Waals surface area (Å²) in [7, 11) is 1.49. The molecule has 0 aliphatic heterocycles. The third-order valence-corrected chi connectivity index (χ3v) is 4.15. The van der Waals surface area contributed by atoms with Crippen LogP contribution in [0.1, 0.15) is 23.0 Å². The molecule has 0 spiro atoms. The number of nitro groups is 1. The van der Waals surface area contributed by atoms with E-state index in [-0.39, 0.29) is 23.7 Å². The number of rotatable bonds is 7. The number of hydrogen-bond acceptors (Lipinski definition) is 7. The number of benzene rings is 2. The highest BCUT2D eigenvalue weighted by Crippen LogP contribution is 2.27. The number of nitrogens with one attached hydrogen (secondary N) is 1. The minimum absolute atomic E-state index is 0.0388.